The molecule has 224 valence electrons. The van der Waals surface area contributed by atoms with Gasteiger partial charge in [-0.1, -0.05) is 47.5 Å². The Morgan fingerprint density at radius 3 is 2.43 bits per heavy atom. The van der Waals surface area contributed by atoms with E-state index in [0.717, 1.165) is 17.1 Å². The van der Waals surface area contributed by atoms with E-state index < -0.39 is 40.8 Å². The smallest absolute Gasteiger partial charge is 0.387 e. The van der Waals surface area contributed by atoms with Crippen LogP contribution >= 0.6 is 23.2 Å². The van der Waals surface area contributed by atoms with Crippen LogP contribution in [0.4, 0.5) is 8.78 Å². The van der Waals surface area contributed by atoms with Gasteiger partial charge in [0.1, 0.15) is 22.7 Å². The van der Waals surface area contributed by atoms with Gasteiger partial charge in [0.2, 0.25) is 10.0 Å². The van der Waals surface area contributed by atoms with Gasteiger partial charge in [-0.15, -0.1) is 0 Å². The quantitative estimate of drug-likeness (QED) is 0.240. The summed E-state index contributed by atoms with van der Waals surface area (Å²) in [5.74, 6) is -0.590. The third kappa shape index (κ3) is 6.34. The molecule has 1 aliphatic heterocycles. The highest BCUT2D eigenvalue weighted by molar-refractivity contribution is 7.89. The van der Waals surface area contributed by atoms with Gasteiger partial charge in [0.25, 0.3) is 0 Å². The zero-order chi connectivity index (χ0) is 30.2. The van der Waals surface area contributed by atoms with Gasteiger partial charge in [-0.25, -0.2) is 13.4 Å². The molecule has 3 aromatic rings. The molecule has 0 bridgehead atoms. The maximum atomic E-state index is 13.4. The van der Waals surface area contributed by atoms with Gasteiger partial charge >= 0.3 is 12.6 Å². The first-order valence-electron chi connectivity index (χ1n) is 13.2. The summed E-state index contributed by atoms with van der Waals surface area (Å²) in [6.07, 6.45) is 3.96. The Labute approximate surface area is 252 Å². The maximum Gasteiger partial charge on any atom is 0.387 e. The molecule has 1 aromatic heterocycles. The number of H-pyrrole nitrogens is 1. The van der Waals surface area contributed by atoms with E-state index in [1.165, 1.54) is 36.7 Å². The molecule has 0 spiro atoms. The zero-order valence-electron chi connectivity index (χ0n) is 22.8. The van der Waals surface area contributed by atoms with E-state index in [4.69, 9.17) is 32.7 Å². The molecule has 1 aliphatic carbocycles. The van der Waals surface area contributed by atoms with Crippen molar-refractivity contribution in [2.75, 3.05) is 13.2 Å². The second-order valence-corrected chi connectivity index (χ2v) is 13.4. The summed E-state index contributed by atoms with van der Waals surface area (Å²) >= 11 is 12.8. The monoisotopic (exact) mass is 641 g/mol. The minimum Gasteiger partial charge on any atom is -0.489 e. The van der Waals surface area contributed by atoms with Crippen LogP contribution in [-0.2, 0) is 31.5 Å². The van der Waals surface area contributed by atoms with Crippen molar-refractivity contribution >= 4 is 39.2 Å². The number of benzene rings is 2. The lowest BCUT2D eigenvalue weighted by molar-refractivity contribution is -0.377. The number of ether oxygens (including phenoxy) is 3. The van der Waals surface area contributed by atoms with Crippen LogP contribution in [0.1, 0.15) is 49.5 Å². The van der Waals surface area contributed by atoms with Crippen molar-refractivity contribution < 1.29 is 41.2 Å². The normalized spacial score (nSPS) is 18.0. The number of carbonyl (C=O) groups excluding carboxylic acids is 1. The second kappa shape index (κ2) is 11.9. The van der Waals surface area contributed by atoms with Crippen molar-refractivity contribution in [3.63, 3.8) is 0 Å². The van der Waals surface area contributed by atoms with Gasteiger partial charge in [0.15, 0.2) is 23.9 Å². The molecule has 2 aliphatic rings. The Morgan fingerprint density at radius 1 is 1.10 bits per heavy atom. The molecule has 1 fully saturated rings. The molecule has 0 radical (unpaired) electrons. The molecule has 1 atom stereocenters. The summed E-state index contributed by atoms with van der Waals surface area (Å²) in [6, 6.07) is 10.8. The van der Waals surface area contributed by atoms with Crippen LogP contribution in [0, 0.1) is 5.92 Å². The molecular weight excluding hydrogens is 613 g/mol. The number of nitrogens with zero attached hydrogens (tertiary/aromatic N) is 1. The van der Waals surface area contributed by atoms with Crippen LogP contribution in [-0.4, -0.2) is 38.5 Å². The molecule has 8 nitrogen and oxygen atoms in total. The molecule has 42 heavy (non-hydrogen) atoms. The maximum absolute atomic E-state index is 13.4. The van der Waals surface area contributed by atoms with Crippen molar-refractivity contribution in [2.45, 2.75) is 56.3 Å². The Kier molecular flexibility index (Phi) is 8.67. The summed E-state index contributed by atoms with van der Waals surface area (Å²) in [5, 5.41) is 0.565. The highest BCUT2D eigenvalue weighted by Crippen LogP contribution is 2.44. The molecule has 5 rings (SSSR count). The number of rotatable bonds is 11. The summed E-state index contributed by atoms with van der Waals surface area (Å²) in [7, 11) is -3.98. The van der Waals surface area contributed by atoms with Crippen LogP contribution in [0.3, 0.4) is 0 Å². The minimum atomic E-state index is -3.98. The fraction of sp³-hybridized carbons (Fsp3) is 0.379. The summed E-state index contributed by atoms with van der Waals surface area (Å²) in [5.41, 5.74) is 0.414. The van der Waals surface area contributed by atoms with Crippen molar-refractivity contribution in [1.82, 2.24) is 4.31 Å². The van der Waals surface area contributed by atoms with E-state index in [1.807, 2.05) is 0 Å². The first-order valence-corrected chi connectivity index (χ1v) is 15.4. The predicted octanol–water partition coefficient (Wildman–Crippen LogP) is 5.96. The molecule has 0 unspecified atom stereocenters. The molecule has 0 saturated heterocycles. The van der Waals surface area contributed by atoms with Gasteiger partial charge < -0.3 is 14.2 Å². The first kappa shape index (κ1) is 30.5. The van der Waals surface area contributed by atoms with Gasteiger partial charge in [0.05, 0.1) is 17.0 Å². The lowest BCUT2D eigenvalue weighted by Crippen LogP contribution is -2.43. The molecule has 2 aromatic carbocycles. The fourth-order valence-electron chi connectivity index (χ4n) is 4.95. The minimum absolute atomic E-state index is 0.00553. The van der Waals surface area contributed by atoms with E-state index in [1.54, 1.807) is 32.0 Å². The molecule has 2 heterocycles. The zero-order valence-corrected chi connectivity index (χ0v) is 25.1. The van der Waals surface area contributed by atoms with E-state index in [0.29, 0.717) is 29.2 Å². The number of halogens is 4. The number of aromatic nitrogens is 1. The summed E-state index contributed by atoms with van der Waals surface area (Å²) < 4.78 is 70.4. The fourth-order valence-corrected chi connectivity index (χ4v) is 7.54. The number of fused-ring (bicyclic) bond motifs is 1. The standard InChI is InChI=1S/C29H28Cl2F2N2O6S/c1-29(2)20-5-3-4-6-26(20)42(37,38)35(29)15-27(36)40-24(12-19-21(30)13-34-14-22(19)31)18-9-10-23(41-28(32)33)25(11-18)39-16-17-7-8-17/h3-6,9-11,13-14,17,24,28H,7-8,12,15-16H2,1-2H3/p+1/t24-/m0/s1. The highest BCUT2D eigenvalue weighted by atomic mass is 35.5. The van der Waals surface area contributed by atoms with Gasteiger partial charge in [-0.2, -0.15) is 13.1 Å². The number of esters is 1. The average molecular weight is 643 g/mol. The SMILES string of the molecule is CC1(C)c2ccccc2S(=O)(=O)N1CC(=O)O[C@@H](Cc1c(Cl)c[nH+]cc1Cl)c1ccc(OC(F)F)c(OCC2CC2)c1. The Hall–Kier alpha value is -2.99. The average Bonchev–Trinajstić information content (AvgIpc) is 3.74. The third-order valence-electron chi connectivity index (χ3n) is 7.40. The van der Waals surface area contributed by atoms with Crippen LogP contribution < -0.4 is 14.5 Å². The van der Waals surface area contributed by atoms with Crippen molar-refractivity contribution in [3.05, 3.63) is 81.6 Å². The highest BCUT2D eigenvalue weighted by Gasteiger charge is 2.49. The lowest BCUT2D eigenvalue weighted by Gasteiger charge is -2.30. The molecule has 13 heteroatoms. The first-order chi connectivity index (χ1) is 19.9. The van der Waals surface area contributed by atoms with Crippen molar-refractivity contribution in [1.29, 1.82) is 0 Å². The van der Waals surface area contributed by atoms with Crippen molar-refractivity contribution in [3.8, 4) is 11.5 Å². The third-order valence-corrected chi connectivity index (χ3v) is 10.1. The van der Waals surface area contributed by atoms with Crippen LogP contribution in [0.15, 0.2) is 59.8 Å². The number of hydrogen-bond donors (Lipinski definition) is 0. The number of carbonyl (C=O) groups is 1. The molecule has 1 saturated carbocycles. The van der Waals surface area contributed by atoms with Gasteiger partial charge in [-0.05, 0) is 61.9 Å². The summed E-state index contributed by atoms with van der Waals surface area (Å²) in [4.78, 5) is 16.4. The largest absolute Gasteiger partial charge is 0.489 e. The van der Waals surface area contributed by atoms with E-state index in [2.05, 4.69) is 9.72 Å². The number of nitrogens with one attached hydrogen (secondary N) is 1. The van der Waals surface area contributed by atoms with E-state index in [-0.39, 0.29) is 32.9 Å². The van der Waals surface area contributed by atoms with Crippen LogP contribution in [0.5, 0.6) is 11.5 Å². The lowest BCUT2D eigenvalue weighted by atomic mass is 9.94. The molecule has 1 N–H and O–H groups in total. The number of aromatic amines is 1. The predicted molar refractivity (Wildman–Crippen MR) is 150 cm³/mol. The van der Waals surface area contributed by atoms with Gasteiger partial charge in [0, 0.05) is 12.0 Å². The van der Waals surface area contributed by atoms with Gasteiger partial charge in [-0.3, -0.25) is 4.79 Å². The molecule has 0 amide bonds. The van der Waals surface area contributed by atoms with Crippen LogP contribution in [0.25, 0.3) is 0 Å². The number of hydrogen-bond acceptors (Lipinski definition) is 6. The number of sulfonamides is 1. The Bertz CT molecular complexity index is 1580. The Balaban J connectivity index is 1.46. The number of pyridine rings is 1. The van der Waals surface area contributed by atoms with E-state index in [9.17, 15) is 22.0 Å². The Morgan fingerprint density at radius 2 is 1.79 bits per heavy atom. The summed E-state index contributed by atoms with van der Waals surface area (Å²) in [6.45, 7) is 0.115. The second-order valence-electron chi connectivity index (χ2n) is 10.7. The molecular formula is C29H29Cl2F2N2O6S+. The van der Waals surface area contributed by atoms with E-state index >= 15 is 0 Å². The topological polar surface area (TPSA) is 96.3 Å². The van der Waals surface area contributed by atoms with Crippen LogP contribution in [0.2, 0.25) is 10.0 Å². The van der Waals surface area contributed by atoms with Crippen molar-refractivity contribution in [2.24, 2.45) is 5.92 Å². The number of alkyl halides is 2.